The van der Waals surface area contributed by atoms with Crippen molar-refractivity contribution in [1.29, 1.82) is 0 Å². The van der Waals surface area contributed by atoms with Gasteiger partial charge in [-0.25, -0.2) is 0 Å². The largest absolute Gasteiger partial charge is 0.469 e. The summed E-state index contributed by atoms with van der Waals surface area (Å²) in [5, 5.41) is 11.5. The van der Waals surface area contributed by atoms with Crippen molar-refractivity contribution in [3.8, 4) is 0 Å². The molecule has 0 aliphatic rings. The van der Waals surface area contributed by atoms with Gasteiger partial charge in [0.15, 0.2) is 0 Å². The third-order valence-corrected chi connectivity index (χ3v) is 3.03. The Kier molecular flexibility index (Phi) is 5.91. The standard InChI is InChI=1S/C14H19NO3/c1-11(12-6-4-3-5-7-12)8-9-13(10-15-17)14(16)18-2/h3-7,10-11,13,17H,8-9H2,1-2H3/b15-10-. The molecule has 1 rings (SSSR count). The van der Waals surface area contributed by atoms with Gasteiger partial charge in [0.25, 0.3) is 0 Å². The molecular formula is C14H19NO3. The summed E-state index contributed by atoms with van der Waals surface area (Å²) in [5.41, 5.74) is 1.24. The SMILES string of the molecule is COC(=O)C(/C=N\O)CCC(C)c1ccccc1. The van der Waals surface area contributed by atoms with E-state index < -0.39 is 5.92 Å². The van der Waals surface area contributed by atoms with Crippen LogP contribution >= 0.6 is 0 Å². The number of nitrogens with zero attached hydrogens (tertiary/aromatic N) is 1. The molecule has 0 radical (unpaired) electrons. The number of carbonyl (C=O) groups is 1. The minimum atomic E-state index is -0.480. The van der Waals surface area contributed by atoms with E-state index in [2.05, 4.69) is 28.9 Å². The molecule has 1 N–H and O–H groups in total. The lowest BCUT2D eigenvalue weighted by Gasteiger charge is -2.14. The summed E-state index contributed by atoms with van der Waals surface area (Å²) in [6.45, 7) is 2.11. The maximum absolute atomic E-state index is 11.4. The Morgan fingerprint density at radius 1 is 1.39 bits per heavy atom. The van der Waals surface area contributed by atoms with Crippen molar-refractivity contribution in [1.82, 2.24) is 0 Å². The van der Waals surface area contributed by atoms with Gasteiger partial charge in [-0.3, -0.25) is 4.79 Å². The number of methoxy groups -OCH3 is 1. The Bertz CT molecular complexity index is 389. The van der Waals surface area contributed by atoms with Crippen LogP contribution in [-0.2, 0) is 9.53 Å². The van der Waals surface area contributed by atoms with Crippen LogP contribution in [0, 0.1) is 5.92 Å². The molecular weight excluding hydrogens is 230 g/mol. The normalized spacial score (nSPS) is 14.3. The van der Waals surface area contributed by atoms with E-state index >= 15 is 0 Å². The van der Waals surface area contributed by atoms with Crippen molar-refractivity contribution >= 4 is 12.2 Å². The topological polar surface area (TPSA) is 58.9 Å². The summed E-state index contributed by atoms with van der Waals surface area (Å²) in [4.78, 5) is 11.4. The van der Waals surface area contributed by atoms with E-state index in [9.17, 15) is 4.79 Å². The lowest BCUT2D eigenvalue weighted by atomic mass is 9.92. The van der Waals surface area contributed by atoms with Crippen molar-refractivity contribution < 1.29 is 14.7 Å². The predicted molar refractivity (Wildman–Crippen MR) is 69.9 cm³/mol. The molecule has 4 nitrogen and oxygen atoms in total. The second-order valence-electron chi connectivity index (χ2n) is 4.28. The quantitative estimate of drug-likeness (QED) is 0.365. The second kappa shape index (κ2) is 7.48. The summed E-state index contributed by atoms with van der Waals surface area (Å²) in [6.07, 6.45) is 2.66. The molecule has 0 bridgehead atoms. The number of benzene rings is 1. The first kappa shape index (κ1) is 14.2. The molecule has 0 saturated heterocycles. The van der Waals surface area contributed by atoms with Crippen LogP contribution in [0.15, 0.2) is 35.5 Å². The van der Waals surface area contributed by atoms with Crippen LogP contribution < -0.4 is 0 Å². The summed E-state index contributed by atoms with van der Waals surface area (Å²) < 4.78 is 4.66. The first-order valence-electron chi connectivity index (χ1n) is 5.99. The second-order valence-corrected chi connectivity index (χ2v) is 4.28. The van der Waals surface area contributed by atoms with Crippen molar-refractivity contribution in [3.05, 3.63) is 35.9 Å². The molecule has 0 heterocycles. The van der Waals surface area contributed by atoms with Gasteiger partial charge in [-0.15, -0.1) is 5.16 Å². The summed E-state index contributed by atoms with van der Waals surface area (Å²) >= 11 is 0. The van der Waals surface area contributed by atoms with Gasteiger partial charge in [-0.05, 0) is 24.3 Å². The van der Waals surface area contributed by atoms with Crippen molar-refractivity contribution in [2.75, 3.05) is 7.11 Å². The maximum Gasteiger partial charge on any atom is 0.314 e. The molecule has 0 saturated carbocycles. The fraction of sp³-hybridized carbons (Fsp3) is 0.429. The van der Waals surface area contributed by atoms with E-state index in [-0.39, 0.29) is 5.97 Å². The summed E-state index contributed by atoms with van der Waals surface area (Å²) in [7, 11) is 1.33. The molecule has 0 aliphatic carbocycles. The molecule has 98 valence electrons. The van der Waals surface area contributed by atoms with Crippen molar-refractivity contribution in [2.45, 2.75) is 25.7 Å². The fourth-order valence-corrected chi connectivity index (χ4v) is 1.86. The number of carbonyl (C=O) groups excluding carboxylic acids is 1. The highest BCUT2D eigenvalue weighted by Crippen LogP contribution is 2.22. The number of rotatable bonds is 6. The van der Waals surface area contributed by atoms with Crippen LogP contribution in [0.2, 0.25) is 0 Å². The van der Waals surface area contributed by atoms with Gasteiger partial charge in [-0.1, -0.05) is 37.3 Å². The Morgan fingerprint density at radius 2 is 2.06 bits per heavy atom. The van der Waals surface area contributed by atoms with E-state index in [1.165, 1.54) is 18.9 Å². The van der Waals surface area contributed by atoms with Gasteiger partial charge in [-0.2, -0.15) is 0 Å². The van der Waals surface area contributed by atoms with Crippen LogP contribution in [-0.4, -0.2) is 24.5 Å². The fourth-order valence-electron chi connectivity index (χ4n) is 1.86. The number of oxime groups is 1. The van der Waals surface area contributed by atoms with Crippen molar-refractivity contribution in [3.63, 3.8) is 0 Å². The lowest BCUT2D eigenvalue weighted by molar-refractivity contribution is -0.143. The molecule has 0 fully saturated rings. The van der Waals surface area contributed by atoms with E-state index in [0.717, 1.165) is 6.42 Å². The first-order valence-corrected chi connectivity index (χ1v) is 5.99. The van der Waals surface area contributed by atoms with Crippen LogP contribution in [0.25, 0.3) is 0 Å². The number of hydrogen-bond acceptors (Lipinski definition) is 4. The van der Waals surface area contributed by atoms with Gasteiger partial charge in [0.05, 0.1) is 19.2 Å². The Labute approximate surface area is 107 Å². The smallest absolute Gasteiger partial charge is 0.314 e. The van der Waals surface area contributed by atoms with E-state index in [0.29, 0.717) is 12.3 Å². The third kappa shape index (κ3) is 4.20. The van der Waals surface area contributed by atoms with Gasteiger partial charge < -0.3 is 9.94 Å². The molecule has 0 amide bonds. The minimum Gasteiger partial charge on any atom is -0.469 e. The molecule has 1 aromatic rings. The van der Waals surface area contributed by atoms with Crippen molar-refractivity contribution in [2.24, 2.45) is 11.1 Å². The average molecular weight is 249 g/mol. The van der Waals surface area contributed by atoms with Crippen LogP contribution in [0.5, 0.6) is 0 Å². The molecule has 2 unspecified atom stereocenters. The molecule has 0 aromatic heterocycles. The van der Waals surface area contributed by atoms with Gasteiger partial charge in [0.2, 0.25) is 0 Å². The first-order chi connectivity index (χ1) is 8.69. The van der Waals surface area contributed by atoms with Gasteiger partial charge in [0.1, 0.15) is 0 Å². The Balaban J connectivity index is 2.55. The Morgan fingerprint density at radius 3 is 2.61 bits per heavy atom. The molecule has 4 heteroatoms. The average Bonchev–Trinajstić information content (AvgIpc) is 2.43. The zero-order valence-electron chi connectivity index (χ0n) is 10.7. The maximum atomic E-state index is 11.4. The predicted octanol–water partition coefficient (Wildman–Crippen LogP) is 2.82. The zero-order chi connectivity index (χ0) is 13.4. The molecule has 18 heavy (non-hydrogen) atoms. The lowest BCUT2D eigenvalue weighted by Crippen LogP contribution is -2.18. The minimum absolute atomic E-state index is 0.352. The van der Waals surface area contributed by atoms with Crippen LogP contribution in [0.3, 0.4) is 0 Å². The third-order valence-electron chi connectivity index (χ3n) is 3.03. The highest BCUT2D eigenvalue weighted by Gasteiger charge is 2.18. The number of esters is 1. The van der Waals surface area contributed by atoms with Crippen LogP contribution in [0.4, 0.5) is 0 Å². The zero-order valence-corrected chi connectivity index (χ0v) is 10.7. The highest BCUT2D eigenvalue weighted by atomic mass is 16.5. The van der Waals surface area contributed by atoms with Crippen LogP contribution in [0.1, 0.15) is 31.2 Å². The molecule has 0 aliphatic heterocycles. The molecule has 2 atom stereocenters. The summed E-state index contributed by atoms with van der Waals surface area (Å²) in [6, 6.07) is 10.1. The van der Waals surface area contributed by atoms with Gasteiger partial charge >= 0.3 is 5.97 Å². The Hall–Kier alpha value is -1.84. The van der Waals surface area contributed by atoms with E-state index in [1.54, 1.807) is 0 Å². The van der Waals surface area contributed by atoms with Gasteiger partial charge in [0, 0.05) is 0 Å². The molecule has 0 spiro atoms. The highest BCUT2D eigenvalue weighted by molar-refractivity contribution is 5.89. The number of hydrogen-bond donors (Lipinski definition) is 1. The monoisotopic (exact) mass is 249 g/mol. The van der Waals surface area contributed by atoms with E-state index in [4.69, 9.17) is 5.21 Å². The van der Waals surface area contributed by atoms with E-state index in [1.807, 2.05) is 18.2 Å². The number of ether oxygens (including phenoxy) is 1. The molecule has 1 aromatic carbocycles. The summed E-state index contributed by atoms with van der Waals surface area (Å²) in [5.74, 6) is -0.496.